The Balaban J connectivity index is 2.11. The van der Waals surface area contributed by atoms with Crippen LogP contribution in [0.15, 0.2) is 0 Å². The van der Waals surface area contributed by atoms with Gasteiger partial charge in [0.1, 0.15) is 5.60 Å². The van der Waals surface area contributed by atoms with Gasteiger partial charge >= 0.3 is 0 Å². The molecule has 0 radical (unpaired) electrons. The summed E-state index contributed by atoms with van der Waals surface area (Å²) < 4.78 is 10.7. The van der Waals surface area contributed by atoms with E-state index in [1.165, 1.54) is 0 Å². The summed E-state index contributed by atoms with van der Waals surface area (Å²) in [5, 5.41) is 10.5. The summed E-state index contributed by atoms with van der Waals surface area (Å²) in [6.45, 7) is 2.40. The zero-order valence-corrected chi connectivity index (χ0v) is 8.50. The van der Waals surface area contributed by atoms with Gasteiger partial charge in [0.25, 0.3) is 0 Å². The van der Waals surface area contributed by atoms with Crippen molar-refractivity contribution in [3.63, 3.8) is 0 Å². The average Bonchev–Trinajstić information content (AvgIpc) is 2.30. The van der Waals surface area contributed by atoms with E-state index in [9.17, 15) is 5.11 Å². The molecule has 0 aromatic carbocycles. The van der Waals surface area contributed by atoms with Gasteiger partial charge in [-0.05, 0) is 12.8 Å². The third kappa shape index (κ3) is 1.46. The van der Waals surface area contributed by atoms with Gasteiger partial charge in [-0.15, -0.1) is 0 Å². The molecule has 1 saturated heterocycles. The van der Waals surface area contributed by atoms with Crippen LogP contribution < -0.4 is 5.73 Å². The SMILES string of the molecule is NCC1(C2(O)COCCOC2)CCC1. The van der Waals surface area contributed by atoms with Crippen LogP contribution in [0.1, 0.15) is 19.3 Å². The van der Waals surface area contributed by atoms with Gasteiger partial charge in [-0.3, -0.25) is 0 Å². The molecule has 0 aromatic heterocycles. The van der Waals surface area contributed by atoms with Gasteiger partial charge in [-0.25, -0.2) is 0 Å². The first-order valence-corrected chi connectivity index (χ1v) is 5.30. The highest BCUT2D eigenvalue weighted by molar-refractivity contribution is 5.05. The van der Waals surface area contributed by atoms with Gasteiger partial charge in [0, 0.05) is 12.0 Å². The van der Waals surface area contributed by atoms with Crippen LogP contribution in [0.5, 0.6) is 0 Å². The van der Waals surface area contributed by atoms with Crippen LogP contribution in [0.4, 0.5) is 0 Å². The number of hydrogen-bond donors (Lipinski definition) is 2. The quantitative estimate of drug-likeness (QED) is 0.654. The van der Waals surface area contributed by atoms with E-state index in [-0.39, 0.29) is 5.41 Å². The maximum absolute atomic E-state index is 10.5. The van der Waals surface area contributed by atoms with E-state index in [4.69, 9.17) is 15.2 Å². The minimum atomic E-state index is -0.865. The molecular weight excluding hydrogens is 182 g/mol. The van der Waals surface area contributed by atoms with Gasteiger partial charge in [-0.2, -0.15) is 0 Å². The zero-order chi connectivity index (χ0) is 10.1. The molecule has 2 aliphatic rings. The van der Waals surface area contributed by atoms with Gasteiger partial charge in [0.05, 0.1) is 26.4 Å². The van der Waals surface area contributed by atoms with Gasteiger partial charge in [-0.1, -0.05) is 6.42 Å². The maximum atomic E-state index is 10.5. The van der Waals surface area contributed by atoms with Crippen molar-refractivity contribution in [3.05, 3.63) is 0 Å². The van der Waals surface area contributed by atoms with E-state index in [1.807, 2.05) is 0 Å². The van der Waals surface area contributed by atoms with E-state index in [0.717, 1.165) is 19.3 Å². The smallest absolute Gasteiger partial charge is 0.118 e. The van der Waals surface area contributed by atoms with Crippen molar-refractivity contribution >= 4 is 0 Å². The highest BCUT2D eigenvalue weighted by Gasteiger charge is 2.53. The van der Waals surface area contributed by atoms with Gasteiger partial charge in [0.2, 0.25) is 0 Å². The molecule has 0 amide bonds. The molecule has 3 N–H and O–H groups in total. The molecule has 1 aliphatic heterocycles. The molecule has 2 rings (SSSR count). The van der Waals surface area contributed by atoms with Gasteiger partial charge < -0.3 is 20.3 Å². The normalized spacial score (nSPS) is 30.4. The molecular formula is C10H19NO3. The lowest BCUT2D eigenvalue weighted by Gasteiger charge is -2.51. The maximum Gasteiger partial charge on any atom is 0.118 e. The van der Waals surface area contributed by atoms with Crippen LogP contribution in [-0.4, -0.2) is 43.7 Å². The molecule has 0 atom stereocenters. The van der Waals surface area contributed by atoms with Gasteiger partial charge in [0.15, 0.2) is 0 Å². The standard InChI is InChI=1S/C10H19NO3/c11-6-9(2-1-3-9)10(12)7-13-4-5-14-8-10/h12H,1-8,11H2. The van der Waals surface area contributed by atoms with Crippen molar-refractivity contribution in [1.82, 2.24) is 0 Å². The molecule has 14 heavy (non-hydrogen) atoms. The van der Waals surface area contributed by atoms with Crippen LogP contribution in [0.25, 0.3) is 0 Å². The predicted molar refractivity (Wildman–Crippen MR) is 51.9 cm³/mol. The Morgan fingerprint density at radius 3 is 2.07 bits per heavy atom. The second-order valence-electron chi connectivity index (χ2n) is 4.47. The zero-order valence-electron chi connectivity index (χ0n) is 8.50. The summed E-state index contributed by atoms with van der Waals surface area (Å²) in [6.07, 6.45) is 3.14. The van der Waals surface area contributed by atoms with E-state index < -0.39 is 5.60 Å². The van der Waals surface area contributed by atoms with Crippen LogP contribution in [0.2, 0.25) is 0 Å². The summed E-state index contributed by atoms with van der Waals surface area (Å²) in [5.41, 5.74) is 4.74. The van der Waals surface area contributed by atoms with Crippen molar-refractivity contribution < 1.29 is 14.6 Å². The molecule has 0 spiro atoms. The first-order chi connectivity index (χ1) is 6.72. The Kier molecular flexibility index (Phi) is 2.79. The molecule has 1 heterocycles. The van der Waals surface area contributed by atoms with E-state index in [0.29, 0.717) is 33.0 Å². The second-order valence-corrected chi connectivity index (χ2v) is 4.47. The molecule has 4 heteroatoms. The number of rotatable bonds is 2. The first-order valence-electron chi connectivity index (χ1n) is 5.30. The largest absolute Gasteiger partial charge is 0.384 e. The fourth-order valence-corrected chi connectivity index (χ4v) is 2.41. The second kappa shape index (κ2) is 3.77. The third-order valence-electron chi connectivity index (χ3n) is 3.74. The van der Waals surface area contributed by atoms with Crippen molar-refractivity contribution in [3.8, 4) is 0 Å². The number of ether oxygens (including phenoxy) is 2. The Morgan fingerprint density at radius 2 is 1.71 bits per heavy atom. The van der Waals surface area contributed by atoms with Crippen LogP contribution in [0, 0.1) is 5.41 Å². The lowest BCUT2D eigenvalue weighted by Crippen LogP contribution is -2.61. The van der Waals surface area contributed by atoms with Crippen molar-refractivity contribution in [2.45, 2.75) is 24.9 Å². The Labute approximate surface area is 84.4 Å². The van der Waals surface area contributed by atoms with E-state index >= 15 is 0 Å². The highest BCUT2D eigenvalue weighted by Crippen LogP contribution is 2.49. The molecule has 1 saturated carbocycles. The van der Waals surface area contributed by atoms with Crippen molar-refractivity contribution in [2.24, 2.45) is 11.1 Å². The topological polar surface area (TPSA) is 64.7 Å². The summed E-state index contributed by atoms with van der Waals surface area (Å²) in [7, 11) is 0. The third-order valence-corrected chi connectivity index (χ3v) is 3.74. The number of hydrogen-bond acceptors (Lipinski definition) is 4. The fraction of sp³-hybridized carbons (Fsp3) is 1.00. The van der Waals surface area contributed by atoms with Crippen LogP contribution in [-0.2, 0) is 9.47 Å². The lowest BCUT2D eigenvalue weighted by molar-refractivity contribution is -0.169. The minimum absolute atomic E-state index is 0.155. The number of aliphatic hydroxyl groups is 1. The molecule has 0 aromatic rings. The Bertz CT molecular complexity index is 190. The number of nitrogens with two attached hydrogens (primary N) is 1. The molecule has 82 valence electrons. The summed E-state index contributed by atoms with van der Waals surface area (Å²) in [4.78, 5) is 0. The monoisotopic (exact) mass is 201 g/mol. The molecule has 0 bridgehead atoms. The van der Waals surface area contributed by atoms with E-state index in [1.54, 1.807) is 0 Å². The molecule has 2 fully saturated rings. The molecule has 4 nitrogen and oxygen atoms in total. The summed E-state index contributed by atoms with van der Waals surface area (Å²) in [5.74, 6) is 0. The lowest BCUT2D eigenvalue weighted by atomic mass is 9.59. The van der Waals surface area contributed by atoms with Crippen molar-refractivity contribution in [2.75, 3.05) is 33.0 Å². The summed E-state index contributed by atoms with van der Waals surface area (Å²) in [6, 6.07) is 0. The van der Waals surface area contributed by atoms with Crippen LogP contribution >= 0.6 is 0 Å². The summed E-state index contributed by atoms with van der Waals surface area (Å²) >= 11 is 0. The van der Waals surface area contributed by atoms with E-state index in [2.05, 4.69) is 0 Å². The molecule has 1 aliphatic carbocycles. The highest BCUT2D eigenvalue weighted by atomic mass is 16.6. The predicted octanol–water partition coefficient (Wildman–Crippen LogP) is -0.107. The van der Waals surface area contributed by atoms with Crippen LogP contribution in [0.3, 0.4) is 0 Å². The Hall–Kier alpha value is -0.160. The molecule has 0 unspecified atom stereocenters. The minimum Gasteiger partial charge on any atom is -0.384 e. The first kappa shape index (κ1) is 10.4. The Morgan fingerprint density at radius 1 is 1.14 bits per heavy atom. The fourth-order valence-electron chi connectivity index (χ4n) is 2.41. The van der Waals surface area contributed by atoms with Crippen molar-refractivity contribution in [1.29, 1.82) is 0 Å². The average molecular weight is 201 g/mol.